The predicted molar refractivity (Wildman–Crippen MR) is 115 cm³/mol. The van der Waals surface area contributed by atoms with Gasteiger partial charge in [-0.25, -0.2) is 9.37 Å². The van der Waals surface area contributed by atoms with Crippen LogP contribution in [-0.2, 0) is 4.74 Å². The number of rotatable bonds is 5. The molecular weight excluding hydrogens is 415 g/mol. The summed E-state index contributed by atoms with van der Waals surface area (Å²) in [7, 11) is 0. The fourth-order valence-corrected chi connectivity index (χ4v) is 3.62. The molecule has 1 fully saturated rings. The Hall–Kier alpha value is -3.79. The number of hydrogen-bond acceptors (Lipinski definition) is 7. The maximum Gasteiger partial charge on any atom is 0.322 e. The summed E-state index contributed by atoms with van der Waals surface area (Å²) in [5, 5.41) is 10.2. The second-order valence-electron chi connectivity index (χ2n) is 7.65. The van der Waals surface area contributed by atoms with E-state index in [4.69, 9.17) is 9.26 Å². The second-order valence-corrected chi connectivity index (χ2v) is 7.65. The number of ether oxygens (including phenoxy) is 1. The van der Waals surface area contributed by atoms with Gasteiger partial charge in [-0.15, -0.1) is 0 Å². The molecule has 0 aliphatic carbocycles. The molecule has 2 N–H and O–H groups in total. The fourth-order valence-electron chi connectivity index (χ4n) is 3.62. The first-order valence-corrected chi connectivity index (χ1v) is 10.3. The average Bonchev–Trinajstić information content (AvgIpc) is 3.43. The third-order valence-electron chi connectivity index (χ3n) is 5.43. The van der Waals surface area contributed by atoms with E-state index >= 15 is 0 Å². The van der Waals surface area contributed by atoms with Crippen molar-refractivity contribution in [3.05, 3.63) is 59.8 Å². The number of imidazole rings is 1. The number of amides is 1. The third-order valence-corrected chi connectivity index (χ3v) is 5.43. The van der Waals surface area contributed by atoms with Crippen molar-refractivity contribution in [1.29, 1.82) is 0 Å². The van der Waals surface area contributed by atoms with Gasteiger partial charge in [0.15, 0.2) is 0 Å². The zero-order valence-electron chi connectivity index (χ0n) is 17.3. The number of fused-ring (bicyclic) bond motifs is 1. The van der Waals surface area contributed by atoms with E-state index in [-0.39, 0.29) is 11.9 Å². The van der Waals surface area contributed by atoms with Gasteiger partial charge in [-0.2, -0.15) is 4.98 Å². The molecule has 0 unspecified atom stereocenters. The van der Waals surface area contributed by atoms with Crippen LogP contribution >= 0.6 is 0 Å². The van der Waals surface area contributed by atoms with E-state index in [2.05, 4.69) is 25.8 Å². The summed E-state index contributed by atoms with van der Waals surface area (Å²) in [6, 6.07) is 8.67. The largest absolute Gasteiger partial charge is 0.381 e. The van der Waals surface area contributed by atoms with E-state index in [0.29, 0.717) is 47.6 Å². The van der Waals surface area contributed by atoms with E-state index < -0.39 is 5.82 Å². The van der Waals surface area contributed by atoms with Crippen LogP contribution in [0.25, 0.3) is 17.0 Å². The summed E-state index contributed by atoms with van der Waals surface area (Å²) in [4.78, 5) is 21.4. The number of anilines is 2. The SMILES string of the molecule is Cc1ccc(-c2noc(NC3CCOCC3)n2)cc1NC(=O)c1cnc2cc(F)ccn12. The monoisotopic (exact) mass is 436 g/mol. The summed E-state index contributed by atoms with van der Waals surface area (Å²) in [5.41, 5.74) is 2.83. The van der Waals surface area contributed by atoms with Crippen LogP contribution in [0.1, 0.15) is 28.9 Å². The lowest BCUT2D eigenvalue weighted by atomic mass is 10.1. The Balaban J connectivity index is 1.35. The van der Waals surface area contributed by atoms with Crippen LogP contribution < -0.4 is 10.6 Å². The van der Waals surface area contributed by atoms with Crippen molar-refractivity contribution in [1.82, 2.24) is 19.5 Å². The van der Waals surface area contributed by atoms with Gasteiger partial charge in [0.25, 0.3) is 5.91 Å². The molecule has 1 amide bonds. The number of carbonyl (C=O) groups excluding carboxylic acids is 1. The van der Waals surface area contributed by atoms with Gasteiger partial charge in [-0.05, 0) is 37.5 Å². The number of nitrogens with one attached hydrogen (secondary N) is 2. The van der Waals surface area contributed by atoms with Crippen molar-refractivity contribution in [2.75, 3.05) is 23.8 Å². The number of nitrogens with zero attached hydrogens (tertiary/aromatic N) is 4. The van der Waals surface area contributed by atoms with Crippen molar-refractivity contribution in [3.63, 3.8) is 0 Å². The van der Waals surface area contributed by atoms with Crippen LogP contribution in [0.4, 0.5) is 16.1 Å². The Morgan fingerprint density at radius 1 is 1.22 bits per heavy atom. The molecule has 164 valence electrons. The summed E-state index contributed by atoms with van der Waals surface area (Å²) >= 11 is 0. The van der Waals surface area contributed by atoms with Crippen LogP contribution in [0.15, 0.2) is 47.2 Å². The first-order valence-electron chi connectivity index (χ1n) is 10.3. The molecule has 0 saturated carbocycles. The number of pyridine rings is 1. The lowest BCUT2D eigenvalue weighted by Crippen LogP contribution is -2.27. The van der Waals surface area contributed by atoms with Crippen molar-refractivity contribution in [2.45, 2.75) is 25.8 Å². The molecule has 0 radical (unpaired) electrons. The van der Waals surface area contributed by atoms with Gasteiger partial charge >= 0.3 is 6.01 Å². The van der Waals surface area contributed by atoms with Gasteiger partial charge in [-0.1, -0.05) is 17.3 Å². The van der Waals surface area contributed by atoms with Crippen molar-refractivity contribution in [2.24, 2.45) is 0 Å². The number of halogens is 1. The molecule has 4 heterocycles. The predicted octanol–water partition coefficient (Wildman–Crippen LogP) is 3.68. The van der Waals surface area contributed by atoms with E-state index in [1.165, 1.54) is 28.9 Å². The minimum atomic E-state index is -0.413. The molecule has 1 saturated heterocycles. The van der Waals surface area contributed by atoms with Crippen LogP contribution in [0.5, 0.6) is 0 Å². The highest BCUT2D eigenvalue weighted by Crippen LogP contribution is 2.25. The maximum absolute atomic E-state index is 13.4. The first kappa shape index (κ1) is 20.1. The van der Waals surface area contributed by atoms with E-state index in [1.54, 1.807) is 6.07 Å². The molecule has 1 aliphatic rings. The summed E-state index contributed by atoms with van der Waals surface area (Å²) < 4.78 is 25.6. The van der Waals surface area contributed by atoms with Gasteiger partial charge < -0.3 is 19.9 Å². The molecule has 5 rings (SSSR count). The molecule has 1 aliphatic heterocycles. The van der Waals surface area contributed by atoms with E-state index in [1.807, 2.05) is 19.1 Å². The smallest absolute Gasteiger partial charge is 0.322 e. The van der Waals surface area contributed by atoms with Gasteiger partial charge in [-0.3, -0.25) is 9.20 Å². The molecule has 0 spiro atoms. The fraction of sp³-hybridized carbons (Fsp3) is 0.273. The second kappa shape index (κ2) is 8.39. The van der Waals surface area contributed by atoms with Gasteiger partial charge in [0.1, 0.15) is 17.2 Å². The molecule has 10 heteroatoms. The molecule has 0 bridgehead atoms. The number of aryl methyl sites for hydroxylation is 1. The van der Waals surface area contributed by atoms with Gasteiger partial charge in [0, 0.05) is 42.8 Å². The Labute approximate surface area is 182 Å². The van der Waals surface area contributed by atoms with Crippen LogP contribution in [-0.4, -0.2) is 44.7 Å². The van der Waals surface area contributed by atoms with Gasteiger partial charge in [0.2, 0.25) is 5.82 Å². The molecule has 9 nitrogen and oxygen atoms in total. The number of benzene rings is 1. The highest BCUT2D eigenvalue weighted by Gasteiger charge is 2.18. The van der Waals surface area contributed by atoms with E-state index in [0.717, 1.165) is 18.4 Å². The van der Waals surface area contributed by atoms with Crippen LogP contribution in [0.2, 0.25) is 0 Å². The van der Waals surface area contributed by atoms with E-state index in [9.17, 15) is 9.18 Å². The highest BCUT2D eigenvalue weighted by molar-refractivity contribution is 6.04. The van der Waals surface area contributed by atoms with Crippen molar-refractivity contribution < 1.29 is 18.4 Å². The molecule has 0 atom stereocenters. The lowest BCUT2D eigenvalue weighted by Gasteiger charge is -2.21. The van der Waals surface area contributed by atoms with Crippen molar-refractivity contribution in [3.8, 4) is 11.4 Å². The molecule has 1 aromatic carbocycles. The zero-order valence-corrected chi connectivity index (χ0v) is 17.3. The maximum atomic E-state index is 13.4. The number of carbonyl (C=O) groups is 1. The highest BCUT2D eigenvalue weighted by atomic mass is 19.1. The van der Waals surface area contributed by atoms with Crippen LogP contribution in [0.3, 0.4) is 0 Å². The zero-order chi connectivity index (χ0) is 22.1. The summed E-state index contributed by atoms with van der Waals surface area (Å²) in [6.45, 7) is 3.31. The Morgan fingerprint density at radius 3 is 2.91 bits per heavy atom. The Morgan fingerprint density at radius 2 is 2.06 bits per heavy atom. The minimum absolute atomic E-state index is 0.240. The lowest BCUT2D eigenvalue weighted by molar-refractivity contribution is 0.0898. The Bertz CT molecular complexity index is 1280. The topological polar surface area (TPSA) is 107 Å². The standard InChI is InChI=1S/C22H21FN6O3/c1-13-2-3-14(20-27-22(32-28-20)25-16-5-8-31-9-6-16)10-17(13)26-21(30)18-12-24-19-11-15(23)4-7-29(18)19/h2-4,7,10-12,16H,5-6,8-9H2,1H3,(H,26,30)(H,25,27,28). The Kier molecular flexibility index (Phi) is 5.28. The molecule has 32 heavy (non-hydrogen) atoms. The first-order chi connectivity index (χ1) is 15.6. The number of aromatic nitrogens is 4. The molecular formula is C22H21FN6O3. The van der Waals surface area contributed by atoms with Crippen molar-refractivity contribution >= 4 is 23.3 Å². The van der Waals surface area contributed by atoms with Gasteiger partial charge in [0.05, 0.1) is 6.20 Å². The summed E-state index contributed by atoms with van der Waals surface area (Å²) in [5.74, 6) is -0.357. The minimum Gasteiger partial charge on any atom is -0.381 e. The normalized spacial score (nSPS) is 14.6. The molecule has 4 aromatic rings. The summed E-state index contributed by atoms with van der Waals surface area (Å²) in [6.07, 6.45) is 4.65. The average molecular weight is 436 g/mol. The third kappa shape index (κ3) is 4.04. The quantitative estimate of drug-likeness (QED) is 0.492. The number of hydrogen-bond donors (Lipinski definition) is 2. The molecule has 3 aromatic heterocycles. The van der Waals surface area contributed by atoms with Crippen LogP contribution in [0, 0.1) is 12.7 Å².